The molecule has 1 aliphatic heterocycles. The van der Waals surface area contributed by atoms with Gasteiger partial charge in [0.15, 0.2) is 0 Å². The molecular weight excluding hydrogens is 279 g/mol. The number of halogens is 2. The van der Waals surface area contributed by atoms with Crippen LogP contribution >= 0.6 is 23.2 Å². The fourth-order valence-electron chi connectivity index (χ4n) is 3.86. The minimum atomic E-state index is 0.614. The molecule has 4 heteroatoms. The fourth-order valence-corrected chi connectivity index (χ4v) is 4.46. The van der Waals surface area contributed by atoms with Crippen LogP contribution < -0.4 is 0 Å². The van der Waals surface area contributed by atoms with Crippen LogP contribution in [-0.2, 0) is 0 Å². The van der Waals surface area contributed by atoms with E-state index < -0.39 is 0 Å². The summed E-state index contributed by atoms with van der Waals surface area (Å²) >= 11 is 13.0. The van der Waals surface area contributed by atoms with E-state index in [2.05, 4.69) is 9.80 Å². The van der Waals surface area contributed by atoms with E-state index in [0.29, 0.717) is 12.1 Å². The SMILES string of the molecule is ClC1=C(Cl)N(C2CCCCC2)CN1C1CCCCC1. The number of nitrogens with zero attached hydrogens (tertiary/aromatic N) is 2. The molecule has 0 aromatic heterocycles. The molecule has 19 heavy (non-hydrogen) atoms. The second kappa shape index (κ2) is 6.13. The highest BCUT2D eigenvalue weighted by Gasteiger charge is 2.35. The molecule has 0 amide bonds. The van der Waals surface area contributed by atoms with E-state index in [1.54, 1.807) is 0 Å². The van der Waals surface area contributed by atoms with E-state index in [4.69, 9.17) is 23.2 Å². The standard InChI is InChI=1S/C15H24Cl2N2/c16-14-15(17)19(13-9-5-2-6-10-13)11-18(14)12-7-3-1-4-8-12/h12-13H,1-11H2. The zero-order chi connectivity index (χ0) is 13.2. The van der Waals surface area contributed by atoms with Crippen LogP contribution in [0.1, 0.15) is 64.2 Å². The third kappa shape index (κ3) is 2.85. The third-order valence-electron chi connectivity index (χ3n) is 5.01. The third-order valence-corrected chi connectivity index (χ3v) is 5.90. The van der Waals surface area contributed by atoms with Gasteiger partial charge in [0, 0.05) is 12.1 Å². The van der Waals surface area contributed by atoms with Crippen molar-refractivity contribution >= 4 is 23.2 Å². The predicted molar refractivity (Wildman–Crippen MR) is 81.0 cm³/mol. The summed E-state index contributed by atoms with van der Waals surface area (Å²) in [7, 11) is 0. The van der Waals surface area contributed by atoms with E-state index in [0.717, 1.165) is 17.0 Å². The van der Waals surface area contributed by atoms with Crippen LogP contribution in [-0.4, -0.2) is 28.6 Å². The van der Waals surface area contributed by atoms with Crippen LogP contribution in [0.2, 0.25) is 0 Å². The summed E-state index contributed by atoms with van der Waals surface area (Å²) in [6.45, 7) is 0.924. The molecule has 2 fully saturated rings. The molecule has 108 valence electrons. The van der Waals surface area contributed by atoms with Gasteiger partial charge >= 0.3 is 0 Å². The highest BCUT2D eigenvalue weighted by molar-refractivity contribution is 6.39. The molecule has 1 heterocycles. The smallest absolute Gasteiger partial charge is 0.142 e. The summed E-state index contributed by atoms with van der Waals surface area (Å²) in [5.41, 5.74) is 0. The highest BCUT2D eigenvalue weighted by Crippen LogP contribution is 2.38. The van der Waals surface area contributed by atoms with Gasteiger partial charge in [-0.15, -0.1) is 0 Å². The Hall–Kier alpha value is -0.0800. The first-order chi connectivity index (χ1) is 9.27. The van der Waals surface area contributed by atoms with Gasteiger partial charge in [-0.2, -0.15) is 0 Å². The second-order valence-electron chi connectivity index (χ2n) is 6.25. The van der Waals surface area contributed by atoms with Crippen molar-refractivity contribution in [1.82, 2.24) is 9.80 Å². The molecule has 0 unspecified atom stereocenters. The minimum Gasteiger partial charge on any atom is -0.339 e. The molecule has 0 atom stereocenters. The van der Waals surface area contributed by atoms with Gasteiger partial charge in [-0.05, 0) is 25.7 Å². The van der Waals surface area contributed by atoms with Gasteiger partial charge in [-0.25, -0.2) is 0 Å². The molecule has 3 aliphatic rings. The van der Waals surface area contributed by atoms with Crippen LogP contribution in [0.15, 0.2) is 10.3 Å². The van der Waals surface area contributed by atoms with Crippen LogP contribution in [0.5, 0.6) is 0 Å². The van der Waals surface area contributed by atoms with Gasteiger partial charge in [0.2, 0.25) is 0 Å². The molecule has 0 bridgehead atoms. The van der Waals surface area contributed by atoms with Gasteiger partial charge in [0.05, 0.1) is 6.67 Å². The summed E-state index contributed by atoms with van der Waals surface area (Å²) in [6, 6.07) is 1.23. The zero-order valence-corrected chi connectivity index (χ0v) is 13.1. The van der Waals surface area contributed by atoms with Crippen molar-refractivity contribution in [2.75, 3.05) is 6.67 Å². The zero-order valence-electron chi connectivity index (χ0n) is 11.6. The fraction of sp³-hybridized carbons (Fsp3) is 0.867. The minimum absolute atomic E-state index is 0.614. The lowest BCUT2D eigenvalue weighted by atomic mass is 9.94. The molecule has 0 spiro atoms. The average molecular weight is 303 g/mol. The monoisotopic (exact) mass is 302 g/mol. The van der Waals surface area contributed by atoms with Gasteiger partial charge in [0.25, 0.3) is 0 Å². The molecule has 2 aliphatic carbocycles. The van der Waals surface area contributed by atoms with Crippen molar-refractivity contribution in [1.29, 1.82) is 0 Å². The van der Waals surface area contributed by atoms with Gasteiger partial charge in [-0.3, -0.25) is 0 Å². The molecule has 0 saturated heterocycles. The van der Waals surface area contributed by atoms with Crippen molar-refractivity contribution in [2.45, 2.75) is 76.3 Å². The average Bonchev–Trinajstić information content (AvgIpc) is 2.77. The lowest BCUT2D eigenvalue weighted by Gasteiger charge is -2.36. The Labute approximate surface area is 126 Å². The first kappa shape index (κ1) is 13.9. The summed E-state index contributed by atoms with van der Waals surface area (Å²) < 4.78 is 0. The van der Waals surface area contributed by atoms with Crippen molar-refractivity contribution in [3.63, 3.8) is 0 Å². The number of hydrogen-bond acceptors (Lipinski definition) is 2. The first-order valence-electron chi connectivity index (χ1n) is 7.86. The second-order valence-corrected chi connectivity index (χ2v) is 6.96. The van der Waals surface area contributed by atoms with E-state index in [1.807, 2.05) is 0 Å². The van der Waals surface area contributed by atoms with Gasteiger partial charge < -0.3 is 9.80 Å². The van der Waals surface area contributed by atoms with Crippen LogP contribution in [0.4, 0.5) is 0 Å². The van der Waals surface area contributed by atoms with Crippen molar-refractivity contribution in [3.8, 4) is 0 Å². The number of hydrogen-bond donors (Lipinski definition) is 0. The van der Waals surface area contributed by atoms with Crippen molar-refractivity contribution in [2.24, 2.45) is 0 Å². The molecule has 0 N–H and O–H groups in total. The van der Waals surface area contributed by atoms with E-state index in [1.165, 1.54) is 64.2 Å². The normalized spacial score (nSPS) is 27.5. The first-order valence-corrected chi connectivity index (χ1v) is 8.61. The van der Waals surface area contributed by atoms with E-state index in [9.17, 15) is 0 Å². The quantitative estimate of drug-likeness (QED) is 0.674. The highest BCUT2D eigenvalue weighted by atomic mass is 35.5. The maximum atomic E-state index is 6.51. The lowest BCUT2D eigenvalue weighted by Crippen LogP contribution is -2.40. The van der Waals surface area contributed by atoms with E-state index in [-0.39, 0.29) is 0 Å². The maximum Gasteiger partial charge on any atom is 0.142 e. The number of rotatable bonds is 2. The Morgan fingerprint density at radius 3 is 1.37 bits per heavy atom. The van der Waals surface area contributed by atoms with Crippen LogP contribution in [0.3, 0.4) is 0 Å². The Morgan fingerprint density at radius 2 is 1.00 bits per heavy atom. The Balaban J connectivity index is 1.68. The Kier molecular flexibility index (Phi) is 4.48. The van der Waals surface area contributed by atoms with Crippen molar-refractivity contribution < 1.29 is 0 Å². The van der Waals surface area contributed by atoms with Crippen molar-refractivity contribution in [3.05, 3.63) is 10.3 Å². The molecule has 3 rings (SSSR count). The Bertz CT molecular complexity index is 312. The largest absolute Gasteiger partial charge is 0.339 e. The van der Waals surface area contributed by atoms with Gasteiger partial charge in [0.1, 0.15) is 10.3 Å². The molecular formula is C15H24Cl2N2. The van der Waals surface area contributed by atoms with Gasteiger partial charge in [-0.1, -0.05) is 61.7 Å². The maximum absolute atomic E-state index is 6.51. The summed E-state index contributed by atoms with van der Waals surface area (Å²) in [5.74, 6) is 0. The molecule has 2 saturated carbocycles. The van der Waals surface area contributed by atoms with Crippen LogP contribution in [0.25, 0.3) is 0 Å². The summed E-state index contributed by atoms with van der Waals surface area (Å²) in [4.78, 5) is 4.72. The summed E-state index contributed by atoms with van der Waals surface area (Å²) in [5, 5.41) is 1.61. The molecule has 0 aromatic rings. The molecule has 2 nitrogen and oxygen atoms in total. The van der Waals surface area contributed by atoms with E-state index >= 15 is 0 Å². The summed E-state index contributed by atoms with van der Waals surface area (Å²) in [6.07, 6.45) is 13.2. The topological polar surface area (TPSA) is 6.48 Å². The molecule has 0 radical (unpaired) electrons. The lowest BCUT2D eigenvalue weighted by molar-refractivity contribution is 0.129. The molecule has 0 aromatic carbocycles. The van der Waals surface area contributed by atoms with Crippen LogP contribution in [0, 0.1) is 0 Å². The Morgan fingerprint density at radius 1 is 0.632 bits per heavy atom. The predicted octanol–water partition coefficient (Wildman–Crippen LogP) is 4.83.